The first-order valence-electron chi connectivity index (χ1n) is 14.5. The molecule has 1 aromatic carbocycles. The minimum absolute atomic E-state index is 0.232. The minimum Gasteiger partial charge on any atom is -0.444 e. The van der Waals surface area contributed by atoms with E-state index in [0.717, 1.165) is 59.3 Å². The molecule has 1 amide bonds. The molecule has 6 rings (SSSR count). The SMILES string of the molecule is CC(C)(C)OC(=O)N1CCN(Cc2ccnc(Cc3nc4ccc(-c5cc(NC6CCC6)ncn5)cc4[nH]3)c2)CC1. The molecule has 3 aromatic heterocycles. The fourth-order valence-corrected chi connectivity index (χ4v) is 5.23. The number of piperazine rings is 1. The van der Waals surface area contributed by atoms with Crippen LogP contribution in [0.5, 0.6) is 0 Å². The van der Waals surface area contributed by atoms with Crippen LogP contribution in [0.2, 0.25) is 0 Å². The molecule has 0 bridgehead atoms. The zero-order valence-electron chi connectivity index (χ0n) is 24.1. The van der Waals surface area contributed by atoms with Crippen LogP contribution in [0.4, 0.5) is 10.6 Å². The number of pyridine rings is 1. The third-order valence-electron chi connectivity index (χ3n) is 7.61. The summed E-state index contributed by atoms with van der Waals surface area (Å²) in [5.74, 6) is 1.75. The molecule has 1 aliphatic heterocycles. The number of H-pyrrole nitrogens is 1. The van der Waals surface area contributed by atoms with Crippen molar-refractivity contribution in [1.29, 1.82) is 0 Å². The summed E-state index contributed by atoms with van der Waals surface area (Å²) in [6, 6.07) is 12.9. The van der Waals surface area contributed by atoms with Crippen molar-refractivity contribution in [3.8, 4) is 11.3 Å². The zero-order valence-corrected chi connectivity index (χ0v) is 24.1. The van der Waals surface area contributed by atoms with E-state index in [-0.39, 0.29) is 6.09 Å². The lowest BCUT2D eigenvalue weighted by Crippen LogP contribution is -2.49. The fraction of sp³-hybridized carbons (Fsp3) is 0.452. The van der Waals surface area contributed by atoms with Crippen LogP contribution in [0.3, 0.4) is 0 Å². The molecule has 1 saturated heterocycles. The lowest BCUT2D eigenvalue weighted by atomic mass is 9.93. The molecule has 0 spiro atoms. The monoisotopic (exact) mass is 554 g/mol. The van der Waals surface area contributed by atoms with Crippen molar-refractivity contribution in [3.05, 3.63) is 66.0 Å². The predicted octanol–water partition coefficient (Wildman–Crippen LogP) is 5.02. The van der Waals surface area contributed by atoms with Gasteiger partial charge in [0.15, 0.2) is 0 Å². The molecule has 4 aromatic rings. The number of rotatable bonds is 7. The number of nitrogens with zero attached hydrogens (tertiary/aromatic N) is 6. The van der Waals surface area contributed by atoms with E-state index >= 15 is 0 Å². The van der Waals surface area contributed by atoms with Crippen LogP contribution in [0.15, 0.2) is 48.9 Å². The summed E-state index contributed by atoms with van der Waals surface area (Å²) in [6.07, 6.45) is 7.56. The normalized spacial score (nSPS) is 16.5. The van der Waals surface area contributed by atoms with E-state index in [1.807, 2.05) is 39.1 Å². The number of hydrogen-bond acceptors (Lipinski definition) is 8. The van der Waals surface area contributed by atoms with Crippen molar-refractivity contribution in [3.63, 3.8) is 0 Å². The third kappa shape index (κ3) is 6.82. The molecule has 41 heavy (non-hydrogen) atoms. The van der Waals surface area contributed by atoms with Crippen LogP contribution < -0.4 is 5.32 Å². The number of benzene rings is 1. The number of nitrogens with one attached hydrogen (secondary N) is 2. The first-order chi connectivity index (χ1) is 19.8. The second kappa shape index (κ2) is 11.4. The summed E-state index contributed by atoms with van der Waals surface area (Å²) in [5, 5.41) is 3.50. The van der Waals surface area contributed by atoms with Crippen molar-refractivity contribution in [2.24, 2.45) is 0 Å². The van der Waals surface area contributed by atoms with Gasteiger partial charge in [-0.05, 0) is 69.9 Å². The molecule has 2 N–H and O–H groups in total. The average molecular weight is 555 g/mol. The van der Waals surface area contributed by atoms with E-state index in [1.165, 1.54) is 24.8 Å². The maximum absolute atomic E-state index is 12.4. The molecule has 0 unspecified atom stereocenters. The highest BCUT2D eigenvalue weighted by molar-refractivity contribution is 5.81. The number of imidazole rings is 1. The van der Waals surface area contributed by atoms with Gasteiger partial charge in [-0.15, -0.1) is 0 Å². The van der Waals surface area contributed by atoms with Gasteiger partial charge in [-0.1, -0.05) is 6.07 Å². The molecule has 10 heteroatoms. The number of anilines is 1. The van der Waals surface area contributed by atoms with E-state index in [1.54, 1.807) is 11.2 Å². The molecule has 10 nitrogen and oxygen atoms in total. The van der Waals surface area contributed by atoms with Crippen molar-refractivity contribution >= 4 is 22.9 Å². The molecule has 2 aliphatic rings. The second-order valence-corrected chi connectivity index (χ2v) is 12.1. The van der Waals surface area contributed by atoms with Gasteiger partial charge in [0.25, 0.3) is 0 Å². The largest absolute Gasteiger partial charge is 0.444 e. The summed E-state index contributed by atoms with van der Waals surface area (Å²) < 4.78 is 5.52. The van der Waals surface area contributed by atoms with Gasteiger partial charge in [-0.2, -0.15) is 0 Å². The van der Waals surface area contributed by atoms with Gasteiger partial charge < -0.3 is 19.9 Å². The number of ether oxygens (including phenoxy) is 1. The van der Waals surface area contributed by atoms with Gasteiger partial charge in [0, 0.05) is 68.7 Å². The maximum Gasteiger partial charge on any atom is 0.410 e. The minimum atomic E-state index is -0.475. The number of aromatic amines is 1. The molecule has 1 aliphatic carbocycles. The summed E-state index contributed by atoms with van der Waals surface area (Å²) in [4.78, 5) is 38.3. The van der Waals surface area contributed by atoms with E-state index in [0.29, 0.717) is 25.6 Å². The van der Waals surface area contributed by atoms with E-state index in [9.17, 15) is 4.79 Å². The van der Waals surface area contributed by atoms with Gasteiger partial charge in [0.1, 0.15) is 23.6 Å². The Labute approximate surface area is 240 Å². The van der Waals surface area contributed by atoms with Crippen molar-refractivity contribution in [2.45, 2.75) is 64.6 Å². The number of amides is 1. The lowest BCUT2D eigenvalue weighted by Gasteiger charge is -2.35. The Bertz CT molecular complexity index is 1520. The van der Waals surface area contributed by atoms with Crippen LogP contribution in [0.25, 0.3) is 22.3 Å². The van der Waals surface area contributed by atoms with Gasteiger partial charge in [-0.3, -0.25) is 9.88 Å². The average Bonchev–Trinajstić information content (AvgIpc) is 3.32. The predicted molar refractivity (Wildman–Crippen MR) is 159 cm³/mol. The van der Waals surface area contributed by atoms with Crippen molar-refractivity contribution < 1.29 is 9.53 Å². The smallest absolute Gasteiger partial charge is 0.410 e. The molecule has 0 radical (unpaired) electrons. The van der Waals surface area contributed by atoms with Gasteiger partial charge in [-0.25, -0.2) is 19.7 Å². The molecule has 2 fully saturated rings. The van der Waals surface area contributed by atoms with Crippen LogP contribution >= 0.6 is 0 Å². The Morgan fingerprint density at radius 2 is 1.88 bits per heavy atom. The highest BCUT2D eigenvalue weighted by Crippen LogP contribution is 2.26. The summed E-state index contributed by atoms with van der Waals surface area (Å²) in [7, 11) is 0. The molecular formula is C31H38N8O2. The topological polar surface area (TPSA) is 112 Å². The Hall–Kier alpha value is -4.05. The van der Waals surface area contributed by atoms with Gasteiger partial charge in [0.05, 0.1) is 16.7 Å². The van der Waals surface area contributed by atoms with Crippen LogP contribution in [-0.2, 0) is 17.7 Å². The summed E-state index contributed by atoms with van der Waals surface area (Å²) in [5.41, 5.74) is 5.51. The Kier molecular flexibility index (Phi) is 7.57. The van der Waals surface area contributed by atoms with Crippen LogP contribution in [-0.4, -0.2) is 78.6 Å². The Morgan fingerprint density at radius 1 is 1.05 bits per heavy atom. The Balaban J connectivity index is 1.08. The maximum atomic E-state index is 12.4. The molecule has 4 heterocycles. The number of carbonyl (C=O) groups is 1. The fourth-order valence-electron chi connectivity index (χ4n) is 5.23. The van der Waals surface area contributed by atoms with Crippen LogP contribution in [0.1, 0.15) is 57.1 Å². The van der Waals surface area contributed by atoms with Crippen LogP contribution in [0, 0.1) is 0 Å². The second-order valence-electron chi connectivity index (χ2n) is 12.1. The Morgan fingerprint density at radius 3 is 2.63 bits per heavy atom. The van der Waals surface area contributed by atoms with Crippen molar-refractivity contribution in [1.82, 2.24) is 34.7 Å². The first kappa shape index (κ1) is 27.1. The first-order valence-corrected chi connectivity index (χ1v) is 14.5. The van der Waals surface area contributed by atoms with E-state index < -0.39 is 5.60 Å². The highest BCUT2D eigenvalue weighted by Gasteiger charge is 2.26. The van der Waals surface area contributed by atoms with E-state index in [2.05, 4.69) is 54.4 Å². The van der Waals surface area contributed by atoms with E-state index in [4.69, 9.17) is 9.72 Å². The molecule has 0 atom stereocenters. The van der Waals surface area contributed by atoms with Gasteiger partial charge in [0.2, 0.25) is 0 Å². The number of hydrogen-bond donors (Lipinski definition) is 2. The number of aromatic nitrogens is 5. The lowest BCUT2D eigenvalue weighted by molar-refractivity contribution is 0.0139. The number of carbonyl (C=O) groups excluding carboxylic acids is 1. The third-order valence-corrected chi connectivity index (χ3v) is 7.61. The molecule has 1 saturated carbocycles. The van der Waals surface area contributed by atoms with Gasteiger partial charge >= 0.3 is 6.09 Å². The standard InChI is InChI=1S/C31H38N8O2/c1-31(2,3)41-30(40)39-13-11-38(12-14-39)19-21-9-10-32-24(15-21)17-29-36-25-8-7-22(16-27(25)37-29)26-18-28(34-20-33-26)35-23-5-4-6-23/h7-10,15-16,18,20,23H,4-6,11-14,17,19H2,1-3H3,(H,36,37)(H,33,34,35). The van der Waals surface area contributed by atoms with Crippen molar-refractivity contribution in [2.75, 3.05) is 31.5 Å². The zero-order chi connectivity index (χ0) is 28.4. The molecular weight excluding hydrogens is 516 g/mol. The highest BCUT2D eigenvalue weighted by atomic mass is 16.6. The summed E-state index contributed by atoms with van der Waals surface area (Å²) in [6.45, 7) is 9.47. The number of fused-ring (bicyclic) bond motifs is 1. The quantitative estimate of drug-likeness (QED) is 0.327. The summed E-state index contributed by atoms with van der Waals surface area (Å²) >= 11 is 0. The molecule has 214 valence electrons.